The highest BCUT2D eigenvalue weighted by molar-refractivity contribution is 5.99. The molecule has 5 rings (SSSR count). The summed E-state index contributed by atoms with van der Waals surface area (Å²) in [4.78, 5) is 14.8. The van der Waals surface area contributed by atoms with Crippen LogP contribution in [0.1, 0.15) is 43.1 Å². The number of nitrogens with zero attached hydrogens (tertiary/aromatic N) is 8. The highest BCUT2D eigenvalue weighted by Crippen LogP contribution is 2.45. The molecule has 2 aromatic heterocycles. The van der Waals surface area contributed by atoms with Gasteiger partial charge in [-0.2, -0.15) is 18.4 Å². The van der Waals surface area contributed by atoms with E-state index in [1.165, 1.54) is 38.1 Å². The summed E-state index contributed by atoms with van der Waals surface area (Å²) in [5.74, 6) is -7.70. The van der Waals surface area contributed by atoms with Gasteiger partial charge in [0.15, 0.2) is 0 Å². The summed E-state index contributed by atoms with van der Waals surface area (Å²) in [6.45, 7) is 2.65. The molecule has 42 heavy (non-hydrogen) atoms. The van der Waals surface area contributed by atoms with E-state index in [2.05, 4.69) is 25.6 Å². The van der Waals surface area contributed by atoms with E-state index < -0.39 is 64.5 Å². The van der Waals surface area contributed by atoms with Crippen LogP contribution < -0.4 is 10.6 Å². The van der Waals surface area contributed by atoms with Crippen molar-refractivity contribution in [1.29, 1.82) is 5.26 Å². The van der Waals surface area contributed by atoms with E-state index in [0.717, 1.165) is 11.0 Å². The summed E-state index contributed by atoms with van der Waals surface area (Å²) in [6, 6.07) is 7.33. The third-order valence-corrected chi connectivity index (χ3v) is 6.47. The van der Waals surface area contributed by atoms with Gasteiger partial charge in [-0.25, -0.2) is 13.2 Å². The lowest BCUT2D eigenvalue weighted by atomic mass is 9.96. The zero-order valence-corrected chi connectivity index (χ0v) is 21.7. The van der Waals surface area contributed by atoms with Gasteiger partial charge in [-0.1, -0.05) is 12.1 Å². The molecule has 1 amide bonds. The minimum atomic E-state index is -4.80. The Morgan fingerprint density at radius 1 is 1.14 bits per heavy atom. The number of halogens is 6. The van der Waals surface area contributed by atoms with E-state index in [1.807, 2.05) is 6.07 Å². The van der Waals surface area contributed by atoms with Gasteiger partial charge in [0.1, 0.15) is 11.2 Å². The van der Waals surface area contributed by atoms with Gasteiger partial charge in [0.05, 0.1) is 35.6 Å². The molecule has 0 aliphatic carbocycles. The molecule has 0 bridgehead atoms. The number of aromatic nitrogens is 6. The number of nitriles is 1. The summed E-state index contributed by atoms with van der Waals surface area (Å²) in [5.41, 5.74) is 3.48. The number of rotatable bonds is 5. The molecule has 1 aliphatic heterocycles. The second-order valence-electron chi connectivity index (χ2n) is 10.0. The number of fused-ring (bicyclic) bond motifs is 1. The van der Waals surface area contributed by atoms with Crippen molar-refractivity contribution in [2.45, 2.75) is 50.4 Å². The van der Waals surface area contributed by atoms with Gasteiger partial charge in [0, 0.05) is 12.0 Å². The topological polar surface area (TPSA) is 153 Å². The Morgan fingerprint density at radius 2 is 1.83 bits per heavy atom. The molecule has 2 N–H and O–H groups in total. The molecule has 11 nitrogen and oxygen atoms in total. The first-order valence-electron chi connectivity index (χ1n) is 12.1. The van der Waals surface area contributed by atoms with Gasteiger partial charge in [-0.15, -0.1) is 25.2 Å². The van der Waals surface area contributed by atoms with Crippen LogP contribution in [0.2, 0.25) is 0 Å². The van der Waals surface area contributed by atoms with Gasteiger partial charge in [-0.3, -0.25) is 4.79 Å². The van der Waals surface area contributed by atoms with Crippen LogP contribution in [-0.2, 0) is 28.9 Å². The van der Waals surface area contributed by atoms with Crippen LogP contribution in [0.5, 0.6) is 0 Å². The van der Waals surface area contributed by atoms with Crippen molar-refractivity contribution in [3.05, 3.63) is 65.1 Å². The van der Waals surface area contributed by atoms with E-state index in [1.54, 1.807) is 0 Å². The molecular formula is C25H19F6N9O2. The molecule has 3 heterocycles. The highest BCUT2D eigenvalue weighted by atomic mass is 19.4. The number of carbonyl (C=O) groups excluding carboxylic acids is 1. The predicted octanol–water partition coefficient (Wildman–Crippen LogP) is 4.03. The maximum absolute atomic E-state index is 15.2. The smallest absolute Gasteiger partial charge is 0.419 e. The fourth-order valence-corrected chi connectivity index (χ4v) is 4.18. The van der Waals surface area contributed by atoms with Crippen LogP contribution in [0.15, 0.2) is 40.8 Å². The quantitative estimate of drug-likeness (QED) is 0.339. The average molecular weight is 591 g/mol. The van der Waals surface area contributed by atoms with Crippen molar-refractivity contribution in [3.63, 3.8) is 0 Å². The first kappa shape index (κ1) is 28.7. The SMILES string of the molecule is CC(C)(C#N)c1nnc(-c2cc3c(cc2F)C(F)(F)C[C@H](N)C(=O)N3Cc2ccc(-n3nnc(C(F)(F)F)n3)cc2)o1. The van der Waals surface area contributed by atoms with E-state index in [4.69, 9.17) is 10.2 Å². The van der Waals surface area contributed by atoms with E-state index in [0.29, 0.717) is 16.4 Å². The zero-order chi connectivity index (χ0) is 30.6. The molecule has 1 aliphatic rings. The maximum Gasteiger partial charge on any atom is 0.455 e. The first-order chi connectivity index (χ1) is 19.6. The average Bonchev–Trinajstić information content (AvgIpc) is 3.61. The van der Waals surface area contributed by atoms with Crippen molar-refractivity contribution in [2.75, 3.05) is 4.90 Å². The molecule has 218 valence electrons. The largest absolute Gasteiger partial charge is 0.455 e. The van der Waals surface area contributed by atoms with Crippen LogP contribution in [0, 0.1) is 17.1 Å². The molecule has 0 spiro atoms. The highest BCUT2D eigenvalue weighted by Gasteiger charge is 2.45. The number of benzene rings is 2. The number of anilines is 1. The molecule has 0 fully saturated rings. The number of carbonyl (C=O) groups is 1. The fourth-order valence-electron chi connectivity index (χ4n) is 4.18. The van der Waals surface area contributed by atoms with Crippen LogP contribution >= 0.6 is 0 Å². The van der Waals surface area contributed by atoms with Crippen LogP contribution in [0.4, 0.5) is 32.0 Å². The number of hydrogen-bond acceptors (Lipinski definition) is 9. The zero-order valence-electron chi connectivity index (χ0n) is 21.7. The molecule has 2 aromatic carbocycles. The molecule has 1 atom stereocenters. The van der Waals surface area contributed by atoms with Crippen molar-refractivity contribution in [2.24, 2.45) is 5.73 Å². The Balaban J connectivity index is 1.54. The molecule has 4 aromatic rings. The van der Waals surface area contributed by atoms with Crippen LogP contribution in [-0.4, -0.2) is 42.4 Å². The van der Waals surface area contributed by atoms with Crippen LogP contribution in [0.3, 0.4) is 0 Å². The molecule has 0 unspecified atom stereocenters. The monoisotopic (exact) mass is 591 g/mol. The number of hydrogen-bond donors (Lipinski definition) is 1. The third kappa shape index (κ3) is 5.16. The predicted molar refractivity (Wildman–Crippen MR) is 130 cm³/mol. The molecule has 0 radical (unpaired) electrons. The first-order valence-corrected chi connectivity index (χ1v) is 12.1. The van der Waals surface area contributed by atoms with Crippen molar-refractivity contribution in [1.82, 2.24) is 30.4 Å². The summed E-state index contributed by atoms with van der Waals surface area (Å²) < 4.78 is 89.6. The summed E-state index contributed by atoms with van der Waals surface area (Å²) in [7, 11) is 0. The molecule has 17 heteroatoms. The normalized spacial score (nSPS) is 17.1. The summed E-state index contributed by atoms with van der Waals surface area (Å²) in [5, 5.41) is 26.5. The lowest BCUT2D eigenvalue weighted by molar-refractivity contribution is -0.145. The Kier molecular flexibility index (Phi) is 6.76. The third-order valence-electron chi connectivity index (χ3n) is 6.47. The van der Waals surface area contributed by atoms with Crippen molar-refractivity contribution in [3.8, 4) is 23.2 Å². The minimum absolute atomic E-state index is 0.101. The van der Waals surface area contributed by atoms with Gasteiger partial charge < -0.3 is 15.1 Å². The second kappa shape index (κ2) is 9.91. The molecule has 0 saturated heterocycles. The van der Waals surface area contributed by atoms with Crippen LogP contribution in [0.25, 0.3) is 17.1 Å². The number of nitrogens with two attached hydrogens (primary N) is 1. The lowest BCUT2D eigenvalue weighted by Gasteiger charge is -2.25. The van der Waals surface area contributed by atoms with Gasteiger partial charge in [0.25, 0.3) is 17.6 Å². The van der Waals surface area contributed by atoms with Crippen molar-refractivity contribution < 1.29 is 35.6 Å². The Morgan fingerprint density at radius 3 is 2.45 bits per heavy atom. The van der Waals surface area contributed by atoms with Gasteiger partial charge in [0.2, 0.25) is 11.8 Å². The standard InChI is InChI=1S/C25H19F6N9O2/c1-23(2,11-32)22-36-34-19(42-22)14-7-18-15(8-16(14)26)24(27,28)9-17(33)20(41)39(18)10-12-3-5-13(6-4-12)40-37-21(35-38-40)25(29,30)31/h3-8,17H,9-10,33H2,1-2H3/t17-/m0/s1. The number of tetrazole rings is 1. The molecule has 0 saturated carbocycles. The van der Waals surface area contributed by atoms with E-state index in [9.17, 15) is 23.2 Å². The van der Waals surface area contributed by atoms with Crippen molar-refractivity contribution >= 4 is 11.6 Å². The fraction of sp³-hybridized carbons (Fsp3) is 0.320. The Labute approximate surface area is 232 Å². The van der Waals surface area contributed by atoms with Gasteiger partial charge >= 0.3 is 6.18 Å². The Hall–Kier alpha value is -4.85. The number of amides is 1. The lowest BCUT2D eigenvalue weighted by Crippen LogP contribution is -2.43. The maximum atomic E-state index is 15.2. The molecular weight excluding hydrogens is 572 g/mol. The van der Waals surface area contributed by atoms with E-state index >= 15 is 13.2 Å². The second-order valence-corrected chi connectivity index (χ2v) is 10.0. The van der Waals surface area contributed by atoms with E-state index in [-0.39, 0.29) is 23.8 Å². The Bertz CT molecular complexity index is 1710. The van der Waals surface area contributed by atoms with Gasteiger partial charge in [-0.05, 0) is 48.9 Å². The number of alkyl halides is 5. The minimum Gasteiger partial charge on any atom is -0.419 e. The summed E-state index contributed by atoms with van der Waals surface area (Å²) >= 11 is 0. The summed E-state index contributed by atoms with van der Waals surface area (Å²) in [6.07, 6.45) is -5.89.